The first-order valence-corrected chi connectivity index (χ1v) is 9.65. The molecule has 0 saturated carbocycles. The first-order valence-electron chi connectivity index (χ1n) is 9.65. The number of hydrogen-bond donors (Lipinski definition) is 2. The van der Waals surface area contributed by atoms with Crippen LogP contribution in [0.25, 0.3) is 17.4 Å². The minimum atomic E-state index is -1.08. The number of urea groups is 1. The van der Waals surface area contributed by atoms with E-state index < -0.39 is 23.8 Å². The fourth-order valence-electron chi connectivity index (χ4n) is 3.45. The van der Waals surface area contributed by atoms with Crippen LogP contribution in [-0.2, 0) is 9.59 Å². The number of imide groups is 2. The number of fused-ring (bicyclic) bond motifs is 1. The number of nitrogens with zero attached hydrogens (tertiary/aromatic N) is 1. The van der Waals surface area contributed by atoms with Gasteiger partial charge in [0.25, 0.3) is 11.8 Å². The summed E-state index contributed by atoms with van der Waals surface area (Å²) in [6.07, 6.45) is 1.22. The number of carboxylic acids is 1. The first-order chi connectivity index (χ1) is 15.9. The van der Waals surface area contributed by atoms with E-state index in [1.54, 1.807) is 24.3 Å². The lowest BCUT2D eigenvalue weighted by Gasteiger charge is -2.26. The van der Waals surface area contributed by atoms with Crippen molar-refractivity contribution < 1.29 is 38.2 Å². The number of carbonyl (C=O) groups is 4. The van der Waals surface area contributed by atoms with Crippen molar-refractivity contribution in [3.05, 3.63) is 71.5 Å². The number of nitrogens with one attached hydrogen (secondary N) is 1. The van der Waals surface area contributed by atoms with Gasteiger partial charge in [-0.3, -0.25) is 14.9 Å². The molecule has 2 aliphatic heterocycles. The lowest BCUT2D eigenvalue weighted by molar-refractivity contribution is -0.122. The Kier molecular flexibility index (Phi) is 4.67. The molecule has 5 rings (SSSR count). The highest BCUT2D eigenvalue weighted by molar-refractivity contribution is 6.39. The molecular weight excluding hydrogens is 432 g/mol. The maximum absolute atomic E-state index is 13.0. The molecule has 10 nitrogen and oxygen atoms in total. The van der Waals surface area contributed by atoms with Crippen LogP contribution in [0.1, 0.15) is 16.1 Å². The number of carbonyl (C=O) groups excluding carboxylic acids is 3. The summed E-state index contributed by atoms with van der Waals surface area (Å²) in [6, 6.07) is 12.9. The summed E-state index contributed by atoms with van der Waals surface area (Å²) in [5.41, 5.74) is 0.484. The smallest absolute Gasteiger partial charge is 0.335 e. The molecule has 10 heteroatoms. The van der Waals surface area contributed by atoms with Crippen molar-refractivity contribution in [1.29, 1.82) is 0 Å². The second-order valence-corrected chi connectivity index (χ2v) is 7.08. The lowest BCUT2D eigenvalue weighted by Crippen LogP contribution is -2.54. The van der Waals surface area contributed by atoms with Gasteiger partial charge in [0.05, 0.1) is 11.3 Å². The Morgan fingerprint density at radius 1 is 1.00 bits per heavy atom. The zero-order chi connectivity index (χ0) is 23.1. The highest BCUT2D eigenvalue weighted by Gasteiger charge is 2.37. The van der Waals surface area contributed by atoms with E-state index >= 15 is 0 Å². The molecule has 33 heavy (non-hydrogen) atoms. The van der Waals surface area contributed by atoms with Gasteiger partial charge in [0.15, 0.2) is 11.5 Å². The Bertz CT molecular complexity index is 1370. The molecule has 1 saturated heterocycles. The molecule has 3 aromatic rings. The summed E-state index contributed by atoms with van der Waals surface area (Å²) in [6.45, 7) is 0.0266. The van der Waals surface area contributed by atoms with Crippen LogP contribution < -0.4 is 19.7 Å². The van der Waals surface area contributed by atoms with Crippen LogP contribution in [0.3, 0.4) is 0 Å². The third kappa shape index (κ3) is 3.59. The van der Waals surface area contributed by atoms with Crippen molar-refractivity contribution in [2.24, 2.45) is 0 Å². The number of furan rings is 1. The molecule has 0 unspecified atom stereocenters. The summed E-state index contributed by atoms with van der Waals surface area (Å²) in [5.74, 6) is -1.42. The Morgan fingerprint density at radius 3 is 2.64 bits per heavy atom. The standard InChI is InChI=1S/C23H14N2O8/c26-20-16(10-15-5-7-17(33-15)12-2-1-3-13(8-12)22(28)29)21(27)25(23(30)24-20)14-4-6-18-19(9-14)32-11-31-18/h1-10H,11H2,(H,28,29)(H,24,26,30). The van der Waals surface area contributed by atoms with Crippen LogP contribution in [-0.4, -0.2) is 35.7 Å². The van der Waals surface area contributed by atoms with Crippen molar-refractivity contribution in [2.75, 3.05) is 11.7 Å². The second-order valence-electron chi connectivity index (χ2n) is 7.08. The van der Waals surface area contributed by atoms with Crippen molar-refractivity contribution in [3.8, 4) is 22.8 Å². The average Bonchev–Trinajstić information content (AvgIpc) is 3.46. The summed E-state index contributed by atoms with van der Waals surface area (Å²) in [7, 11) is 0. The molecule has 0 atom stereocenters. The van der Waals surface area contributed by atoms with E-state index in [4.69, 9.17) is 19.0 Å². The van der Waals surface area contributed by atoms with E-state index in [1.807, 2.05) is 0 Å². The van der Waals surface area contributed by atoms with E-state index in [9.17, 15) is 19.2 Å². The third-order valence-electron chi connectivity index (χ3n) is 5.02. The Labute approximate surface area is 185 Å². The average molecular weight is 446 g/mol. The van der Waals surface area contributed by atoms with Crippen LogP contribution in [0.2, 0.25) is 0 Å². The summed E-state index contributed by atoms with van der Waals surface area (Å²) in [4.78, 5) is 49.8. The Balaban J connectivity index is 1.46. The van der Waals surface area contributed by atoms with Gasteiger partial charge in [-0.2, -0.15) is 0 Å². The topological polar surface area (TPSA) is 135 Å². The number of hydrogen-bond acceptors (Lipinski definition) is 7. The van der Waals surface area contributed by atoms with Gasteiger partial charge >= 0.3 is 12.0 Å². The van der Waals surface area contributed by atoms with E-state index in [-0.39, 0.29) is 29.4 Å². The molecule has 0 bridgehead atoms. The maximum atomic E-state index is 13.0. The number of carboxylic acid groups (broad SMARTS) is 1. The molecule has 2 aromatic carbocycles. The van der Waals surface area contributed by atoms with E-state index in [1.165, 1.54) is 36.4 Å². The summed E-state index contributed by atoms with van der Waals surface area (Å²) < 4.78 is 16.2. The normalized spacial score (nSPS) is 16.3. The molecule has 0 aliphatic carbocycles. The third-order valence-corrected chi connectivity index (χ3v) is 5.02. The quantitative estimate of drug-likeness (QED) is 0.461. The van der Waals surface area contributed by atoms with Gasteiger partial charge < -0.3 is 19.0 Å². The van der Waals surface area contributed by atoms with Crippen molar-refractivity contribution in [1.82, 2.24) is 5.32 Å². The van der Waals surface area contributed by atoms with E-state index in [2.05, 4.69) is 5.32 Å². The van der Waals surface area contributed by atoms with Gasteiger partial charge in [-0.05, 0) is 42.5 Å². The minimum Gasteiger partial charge on any atom is -0.478 e. The number of benzene rings is 2. The van der Waals surface area contributed by atoms with Crippen molar-refractivity contribution >= 4 is 35.6 Å². The Hall–Kier alpha value is -4.86. The number of anilines is 1. The Morgan fingerprint density at radius 2 is 1.82 bits per heavy atom. The van der Waals surface area contributed by atoms with E-state index in [0.29, 0.717) is 22.8 Å². The molecule has 1 fully saturated rings. The molecule has 4 amide bonds. The zero-order valence-corrected chi connectivity index (χ0v) is 16.7. The van der Waals surface area contributed by atoms with Gasteiger partial charge in [0.2, 0.25) is 6.79 Å². The van der Waals surface area contributed by atoms with Gasteiger partial charge in [-0.15, -0.1) is 0 Å². The predicted octanol–water partition coefficient (Wildman–Crippen LogP) is 3.04. The number of rotatable bonds is 4. The zero-order valence-electron chi connectivity index (χ0n) is 16.7. The van der Waals surface area contributed by atoms with Crippen molar-refractivity contribution in [3.63, 3.8) is 0 Å². The first kappa shape index (κ1) is 20.1. The minimum absolute atomic E-state index is 0.0266. The molecular formula is C23H14N2O8. The fraction of sp³-hybridized carbons (Fsp3) is 0.0435. The highest BCUT2D eigenvalue weighted by atomic mass is 16.7. The molecule has 0 radical (unpaired) electrons. The largest absolute Gasteiger partial charge is 0.478 e. The fourth-order valence-corrected chi connectivity index (χ4v) is 3.45. The van der Waals surface area contributed by atoms with Gasteiger partial charge in [-0.1, -0.05) is 12.1 Å². The number of ether oxygens (including phenoxy) is 2. The van der Waals surface area contributed by atoms with Crippen LogP contribution in [0.4, 0.5) is 10.5 Å². The molecule has 164 valence electrons. The number of aromatic carboxylic acids is 1. The molecule has 0 spiro atoms. The predicted molar refractivity (Wildman–Crippen MR) is 113 cm³/mol. The number of amides is 4. The lowest BCUT2D eigenvalue weighted by atomic mass is 10.1. The van der Waals surface area contributed by atoms with Crippen LogP contribution in [0, 0.1) is 0 Å². The van der Waals surface area contributed by atoms with Gasteiger partial charge in [0, 0.05) is 11.6 Å². The highest BCUT2D eigenvalue weighted by Crippen LogP contribution is 2.36. The molecule has 2 N–H and O–H groups in total. The summed E-state index contributed by atoms with van der Waals surface area (Å²) in [5, 5.41) is 11.3. The van der Waals surface area contributed by atoms with Crippen LogP contribution in [0.5, 0.6) is 11.5 Å². The maximum Gasteiger partial charge on any atom is 0.335 e. The molecule has 3 heterocycles. The van der Waals surface area contributed by atoms with Gasteiger partial charge in [0.1, 0.15) is 17.1 Å². The monoisotopic (exact) mass is 446 g/mol. The molecule has 1 aromatic heterocycles. The van der Waals surface area contributed by atoms with E-state index in [0.717, 1.165) is 4.90 Å². The number of barbiturate groups is 1. The SMILES string of the molecule is O=C1NC(=O)N(c2ccc3c(c2)OCO3)C(=O)C1=Cc1ccc(-c2cccc(C(=O)O)c2)o1. The van der Waals surface area contributed by atoms with Gasteiger partial charge in [-0.25, -0.2) is 14.5 Å². The summed E-state index contributed by atoms with van der Waals surface area (Å²) >= 11 is 0. The second kappa shape index (κ2) is 7.68. The van der Waals surface area contributed by atoms with Crippen LogP contribution in [0.15, 0.2) is 64.6 Å². The molecule has 2 aliphatic rings. The van der Waals surface area contributed by atoms with Crippen molar-refractivity contribution in [2.45, 2.75) is 0 Å². The van der Waals surface area contributed by atoms with Crippen LogP contribution >= 0.6 is 0 Å².